The normalized spacial score (nSPS) is 19.0. The number of rotatable bonds is 8. The number of guanidine groups is 1. The standard InChI is InChI=1S/C23H27N5O5/c1-4-15-7-5-8-17(11-15)33-14-16(29)13-28-19-20(26(2)23(31)27(3)21(19)30)25-22(28)24-12-18-9-6-10-32-18/h5-11,16,19,29H,4,12-14H2,1-3H3/p+1. The van der Waals surface area contributed by atoms with Crippen molar-refractivity contribution in [1.82, 2.24) is 15.1 Å². The Hall–Kier alpha value is -3.66. The van der Waals surface area contributed by atoms with E-state index in [1.54, 1.807) is 24.0 Å². The van der Waals surface area contributed by atoms with Crippen molar-refractivity contribution in [1.29, 1.82) is 0 Å². The number of hydrogen-bond acceptors (Lipinski definition) is 7. The third kappa shape index (κ3) is 4.61. The third-order valence-electron chi connectivity index (χ3n) is 5.69. The number of imide groups is 1. The molecule has 1 fully saturated rings. The Morgan fingerprint density at radius 3 is 2.79 bits per heavy atom. The van der Waals surface area contributed by atoms with E-state index in [0.717, 1.165) is 16.9 Å². The number of carbonyl (C=O) groups excluding carboxylic acids is 2. The maximum atomic E-state index is 13.0. The number of aliphatic hydroxyl groups excluding tert-OH is 1. The Morgan fingerprint density at radius 1 is 1.24 bits per heavy atom. The van der Waals surface area contributed by atoms with Crippen molar-refractivity contribution in [2.45, 2.75) is 32.0 Å². The van der Waals surface area contributed by atoms with Gasteiger partial charge in [0.05, 0.1) is 12.8 Å². The van der Waals surface area contributed by atoms with Crippen LogP contribution in [0.4, 0.5) is 4.79 Å². The summed E-state index contributed by atoms with van der Waals surface area (Å²) in [6.45, 7) is 2.51. The second-order valence-electron chi connectivity index (χ2n) is 7.99. The molecule has 1 aromatic carbocycles. The van der Waals surface area contributed by atoms with Crippen molar-refractivity contribution in [3.8, 4) is 5.75 Å². The first kappa shape index (κ1) is 22.5. The van der Waals surface area contributed by atoms with E-state index >= 15 is 0 Å². The molecule has 3 amide bonds. The number of hydrogen-bond donors (Lipinski definition) is 2. The molecule has 10 nitrogen and oxygen atoms in total. The second kappa shape index (κ2) is 9.45. The van der Waals surface area contributed by atoms with Crippen LogP contribution in [0.25, 0.3) is 0 Å². The first-order valence-corrected chi connectivity index (χ1v) is 10.8. The molecule has 2 N–H and O–H groups in total. The summed E-state index contributed by atoms with van der Waals surface area (Å²) in [5, 5.41) is 13.9. The molecule has 2 aliphatic rings. The van der Waals surface area contributed by atoms with Crippen molar-refractivity contribution in [3.05, 3.63) is 54.0 Å². The van der Waals surface area contributed by atoms with Gasteiger partial charge in [0.1, 0.15) is 30.8 Å². The summed E-state index contributed by atoms with van der Waals surface area (Å²) >= 11 is 0. The molecule has 3 heterocycles. The maximum Gasteiger partial charge on any atom is 0.390 e. The van der Waals surface area contributed by atoms with Crippen molar-refractivity contribution in [2.75, 3.05) is 27.2 Å². The highest BCUT2D eigenvalue weighted by atomic mass is 16.5. The predicted molar refractivity (Wildman–Crippen MR) is 120 cm³/mol. The van der Waals surface area contributed by atoms with E-state index in [1.807, 2.05) is 30.3 Å². The van der Waals surface area contributed by atoms with Gasteiger partial charge in [0, 0.05) is 14.1 Å². The van der Waals surface area contributed by atoms with Crippen molar-refractivity contribution in [2.24, 2.45) is 4.99 Å². The van der Waals surface area contributed by atoms with Crippen LogP contribution in [0.5, 0.6) is 5.75 Å². The van der Waals surface area contributed by atoms with Gasteiger partial charge in [0.25, 0.3) is 5.91 Å². The predicted octanol–water partition coefficient (Wildman–Crippen LogP) is 1.04. The minimum absolute atomic E-state index is 0.0377. The smallest absolute Gasteiger partial charge is 0.390 e. The Morgan fingerprint density at radius 2 is 2.06 bits per heavy atom. The number of furan rings is 1. The van der Waals surface area contributed by atoms with E-state index in [2.05, 4.69) is 17.2 Å². The fourth-order valence-electron chi connectivity index (χ4n) is 3.84. The maximum absolute atomic E-state index is 13.0. The van der Waals surface area contributed by atoms with Crippen LogP contribution in [0.3, 0.4) is 0 Å². The monoisotopic (exact) mass is 454 g/mol. The Labute approximate surface area is 191 Å². The van der Waals surface area contributed by atoms with Gasteiger partial charge >= 0.3 is 12.0 Å². The van der Waals surface area contributed by atoms with Crippen LogP contribution >= 0.6 is 0 Å². The highest BCUT2D eigenvalue weighted by Crippen LogP contribution is 2.19. The molecular weight excluding hydrogens is 426 g/mol. The number of likely N-dealkylation sites (N-methyl/N-ethyl adjacent to an activating group) is 2. The van der Waals surface area contributed by atoms with E-state index in [0.29, 0.717) is 29.8 Å². The number of ether oxygens (including phenoxy) is 1. The number of carbonyl (C=O) groups is 2. The summed E-state index contributed by atoms with van der Waals surface area (Å²) in [5.74, 6) is 1.64. The number of amides is 3. The number of aliphatic hydroxyl groups is 1. The molecule has 10 heteroatoms. The Bertz CT molecular complexity index is 1090. The van der Waals surface area contributed by atoms with Crippen molar-refractivity contribution < 1.29 is 28.4 Å². The Balaban J connectivity index is 1.52. The van der Waals surface area contributed by atoms with Crippen LogP contribution in [0.2, 0.25) is 0 Å². The van der Waals surface area contributed by atoms with Gasteiger partial charge in [-0.3, -0.25) is 19.9 Å². The molecule has 2 atom stereocenters. The summed E-state index contributed by atoms with van der Waals surface area (Å²) in [4.78, 5) is 32.3. The second-order valence-corrected chi connectivity index (χ2v) is 7.99. The van der Waals surface area contributed by atoms with Crippen molar-refractivity contribution in [3.63, 3.8) is 0 Å². The molecule has 2 aliphatic heterocycles. The zero-order valence-electron chi connectivity index (χ0n) is 18.9. The topological polar surface area (TPSA) is 111 Å². The Kier molecular flexibility index (Phi) is 6.45. The SMILES string of the molecule is CCc1cccc(OCC(O)C[N+]2=C(NCc3ccco3)N=C3C2C(=O)N(C)C(=O)N3C)c1. The number of amidine groups is 1. The van der Waals surface area contributed by atoms with Gasteiger partial charge in [-0.1, -0.05) is 24.0 Å². The molecule has 0 saturated carbocycles. The molecule has 0 bridgehead atoms. The lowest BCUT2D eigenvalue weighted by Gasteiger charge is -2.32. The van der Waals surface area contributed by atoms with E-state index in [4.69, 9.17) is 9.15 Å². The summed E-state index contributed by atoms with van der Waals surface area (Å²) < 4.78 is 12.8. The van der Waals surface area contributed by atoms with Crippen LogP contribution in [0.1, 0.15) is 18.2 Å². The molecule has 2 aromatic rings. The van der Waals surface area contributed by atoms with Gasteiger partial charge in [-0.2, -0.15) is 0 Å². The van der Waals surface area contributed by atoms with Gasteiger partial charge in [0.2, 0.25) is 11.9 Å². The minimum atomic E-state index is -0.911. The molecule has 33 heavy (non-hydrogen) atoms. The molecule has 174 valence electrons. The molecule has 0 spiro atoms. The molecule has 1 saturated heterocycles. The number of fused-ring (bicyclic) bond motifs is 1. The van der Waals surface area contributed by atoms with Gasteiger partial charge in [-0.05, 0) is 36.2 Å². The van der Waals surface area contributed by atoms with Crippen LogP contribution in [-0.4, -0.2) is 82.6 Å². The van der Waals surface area contributed by atoms with Gasteiger partial charge in [-0.25, -0.2) is 9.37 Å². The number of benzene rings is 1. The molecule has 0 radical (unpaired) electrons. The van der Waals surface area contributed by atoms with E-state index in [9.17, 15) is 14.7 Å². The molecule has 4 rings (SSSR count). The first-order valence-electron chi connectivity index (χ1n) is 10.8. The highest BCUT2D eigenvalue weighted by Gasteiger charge is 2.51. The van der Waals surface area contributed by atoms with E-state index in [1.165, 1.54) is 11.9 Å². The van der Waals surface area contributed by atoms with E-state index < -0.39 is 24.1 Å². The summed E-state index contributed by atoms with van der Waals surface area (Å²) in [7, 11) is 3.01. The average molecular weight is 455 g/mol. The lowest BCUT2D eigenvalue weighted by Crippen LogP contribution is -2.62. The molecular formula is C23H28N5O5+. The summed E-state index contributed by atoms with van der Waals surface area (Å²) in [6, 6.07) is 10.0. The van der Waals surface area contributed by atoms with Crippen molar-refractivity contribution >= 4 is 23.7 Å². The van der Waals surface area contributed by atoms with Gasteiger partial charge in [-0.15, -0.1) is 0 Å². The first-order chi connectivity index (χ1) is 15.9. The fourth-order valence-corrected chi connectivity index (χ4v) is 3.84. The summed E-state index contributed by atoms with van der Waals surface area (Å²) in [6.07, 6.45) is 1.54. The van der Waals surface area contributed by atoms with Crippen LogP contribution in [0.15, 0.2) is 52.1 Å². The number of aryl methyl sites for hydroxylation is 1. The number of β-amino-alcohol motifs (C(OH)–C–C–N with tert-alkyl or cyclic N) is 1. The number of urea groups is 1. The number of aliphatic imine (C=N–C) groups is 1. The number of nitrogens with one attached hydrogen (secondary N) is 1. The quantitative estimate of drug-likeness (QED) is 0.577. The van der Waals surface area contributed by atoms with Gasteiger partial charge < -0.3 is 14.3 Å². The average Bonchev–Trinajstić information content (AvgIpc) is 3.47. The molecule has 0 aliphatic carbocycles. The fraction of sp³-hybridized carbons (Fsp3) is 0.391. The molecule has 2 unspecified atom stereocenters. The van der Waals surface area contributed by atoms with Crippen LogP contribution < -0.4 is 10.1 Å². The lowest BCUT2D eigenvalue weighted by atomic mass is 10.1. The minimum Gasteiger partial charge on any atom is -0.491 e. The number of nitrogens with zero attached hydrogens (tertiary/aromatic N) is 4. The molecule has 1 aromatic heterocycles. The lowest BCUT2D eigenvalue weighted by molar-refractivity contribution is -0.545. The van der Waals surface area contributed by atoms with Crippen LogP contribution in [0, 0.1) is 0 Å². The van der Waals surface area contributed by atoms with E-state index in [-0.39, 0.29) is 13.2 Å². The largest absolute Gasteiger partial charge is 0.491 e. The third-order valence-corrected chi connectivity index (χ3v) is 5.69. The summed E-state index contributed by atoms with van der Waals surface area (Å²) in [5.41, 5.74) is 1.14. The highest BCUT2D eigenvalue weighted by molar-refractivity contribution is 6.22. The van der Waals surface area contributed by atoms with Gasteiger partial charge in [0.15, 0.2) is 0 Å². The zero-order valence-corrected chi connectivity index (χ0v) is 18.9. The van der Waals surface area contributed by atoms with Crippen LogP contribution in [-0.2, 0) is 17.8 Å². The zero-order chi connectivity index (χ0) is 23.5.